The van der Waals surface area contributed by atoms with Crippen molar-refractivity contribution in [3.63, 3.8) is 0 Å². The van der Waals surface area contributed by atoms with Gasteiger partial charge in [-0.15, -0.1) is 0 Å². The van der Waals surface area contributed by atoms with E-state index in [9.17, 15) is 4.79 Å². The van der Waals surface area contributed by atoms with Crippen LogP contribution in [-0.4, -0.2) is 29.3 Å². The Balaban J connectivity index is 2.51. The number of ketones is 1. The third-order valence-corrected chi connectivity index (χ3v) is 3.88. The summed E-state index contributed by atoms with van der Waals surface area (Å²) in [7, 11) is 0. The molecule has 1 rings (SSSR count). The first-order valence-corrected chi connectivity index (χ1v) is 6.34. The third kappa shape index (κ3) is 3.30. The molecular formula is C13H25NO. The van der Waals surface area contributed by atoms with Gasteiger partial charge in [-0.2, -0.15) is 0 Å². The molecule has 0 aromatic carbocycles. The molecule has 1 heterocycles. The molecule has 0 saturated carbocycles. The first kappa shape index (κ1) is 12.7. The second kappa shape index (κ2) is 5.64. The van der Waals surface area contributed by atoms with Gasteiger partial charge in [0.1, 0.15) is 5.78 Å². The van der Waals surface area contributed by atoms with Gasteiger partial charge in [-0.25, -0.2) is 0 Å². The Morgan fingerprint density at radius 2 is 1.87 bits per heavy atom. The summed E-state index contributed by atoms with van der Waals surface area (Å²) in [6.07, 6.45) is 4.78. The van der Waals surface area contributed by atoms with Crippen molar-refractivity contribution in [2.45, 2.75) is 65.5 Å². The molecule has 0 spiro atoms. The normalized spacial score (nSPS) is 30.1. The number of piperidine rings is 1. The molecule has 0 radical (unpaired) electrons. The predicted molar refractivity (Wildman–Crippen MR) is 63.9 cm³/mol. The van der Waals surface area contributed by atoms with Crippen molar-refractivity contribution in [3.05, 3.63) is 0 Å². The van der Waals surface area contributed by atoms with Crippen molar-refractivity contribution in [1.82, 2.24) is 4.90 Å². The summed E-state index contributed by atoms with van der Waals surface area (Å²) < 4.78 is 0. The van der Waals surface area contributed by atoms with Crippen LogP contribution in [0.15, 0.2) is 0 Å². The van der Waals surface area contributed by atoms with E-state index in [1.54, 1.807) is 0 Å². The van der Waals surface area contributed by atoms with Gasteiger partial charge in [-0.3, -0.25) is 9.69 Å². The van der Waals surface area contributed by atoms with Crippen molar-refractivity contribution in [1.29, 1.82) is 0 Å². The molecule has 0 amide bonds. The summed E-state index contributed by atoms with van der Waals surface area (Å²) in [4.78, 5) is 14.3. The summed E-state index contributed by atoms with van der Waals surface area (Å²) >= 11 is 0. The van der Waals surface area contributed by atoms with Gasteiger partial charge in [0.2, 0.25) is 0 Å². The Bertz CT molecular complexity index is 205. The van der Waals surface area contributed by atoms with Crippen LogP contribution in [0.25, 0.3) is 0 Å². The second-order valence-corrected chi connectivity index (χ2v) is 5.08. The van der Waals surface area contributed by atoms with E-state index in [0.29, 0.717) is 24.4 Å². The first-order chi connectivity index (χ1) is 7.06. The van der Waals surface area contributed by atoms with Gasteiger partial charge in [0.05, 0.1) is 6.54 Å². The maximum Gasteiger partial charge on any atom is 0.149 e. The number of likely N-dealkylation sites (tertiary alicyclic amines) is 1. The van der Waals surface area contributed by atoms with E-state index in [2.05, 4.69) is 25.7 Å². The van der Waals surface area contributed by atoms with Gasteiger partial charge in [0.25, 0.3) is 0 Å². The summed E-state index contributed by atoms with van der Waals surface area (Å²) in [6, 6.07) is 1.17. The molecule has 15 heavy (non-hydrogen) atoms. The van der Waals surface area contributed by atoms with E-state index >= 15 is 0 Å². The Morgan fingerprint density at radius 1 is 1.33 bits per heavy atom. The van der Waals surface area contributed by atoms with Crippen LogP contribution in [0.2, 0.25) is 0 Å². The minimum absolute atomic E-state index is 0.228. The van der Waals surface area contributed by atoms with E-state index < -0.39 is 0 Å². The van der Waals surface area contributed by atoms with Crippen LogP contribution in [0.4, 0.5) is 0 Å². The lowest BCUT2D eigenvalue weighted by atomic mass is 9.95. The topological polar surface area (TPSA) is 20.3 Å². The highest BCUT2D eigenvalue weighted by atomic mass is 16.1. The van der Waals surface area contributed by atoms with Gasteiger partial charge in [-0.05, 0) is 33.1 Å². The number of hydrogen-bond acceptors (Lipinski definition) is 2. The maximum atomic E-state index is 11.9. The SMILES string of the molecule is CCC(C)C(=O)CN1C(C)CCCC1C. The van der Waals surface area contributed by atoms with Gasteiger partial charge in [-0.1, -0.05) is 20.3 Å². The number of carbonyl (C=O) groups excluding carboxylic acids is 1. The first-order valence-electron chi connectivity index (χ1n) is 6.34. The lowest BCUT2D eigenvalue weighted by Crippen LogP contribution is -2.47. The van der Waals surface area contributed by atoms with Crippen LogP contribution < -0.4 is 0 Å². The zero-order valence-electron chi connectivity index (χ0n) is 10.6. The van der Waals surface area contributed by atoms with Crippen LogP contribution in [0.1, 0.15) is 53.4 Å². The molecule has 2 heteroatoms. The van der Waals surface area contributed by atoms with Crippen molar-refractivity contribution < 1.29 is 4.79 Å². The van der Waals surface area contributed by atoms with Crippen molar-refractivity contribution in [3.8, 4) is 0 Å². The summed E-state index contributed by atoms with van der Waals surface area (Å²) in [6.45, 7) is 9.30. The second-order valence-electron chi connectivity index (χ2n) is 5.08. The molecule has 0 bridgehead atoms. The molecule has 0 aromatic rings. The molecule has 0 N–H and O–H groups in total. The standard InChI is InChI=1S/C13H25NO/c1-5-10(2)13(15)9-14-11(3)7-6-8-12(14)4/h10-12H,5-9H2,1-4H3. The molecule has 0 aromatic heterocycles. The van der Waals surface area contributed by atoms with E-state index in [1.807, 2.05) is 6.92 Å². The number of rotatable bonds is 4. The van der Waals surface area contributed by atoms with E-state index in [0.717, 1.165) is 6.42 Å². The van der Waals surface area contributed by atoms with E-state index in [4.69, 9.17) is 0 Å². The summed E-state index contributed by atoms with van der Waals surface area (Å²) in [5.41, 5.74) is 0. The molecule has 0 aliphatic carbocycles. The quantitative estimate of drug-likeness (QED) is 0.712. The predicted octanol–water partition coefficient (Wildman–Crippen LogP) is 2.86. The Kier molecular flexibility index (Phi) is 4.78. The highest BCUT2D eigenvalue weighted by molar-refractivity contribution is 5.82. The average molecular weight is 211 g/mol. The van der Waals surface area contributed by atoms with E-state index in [-0.39, 0.29) is 5.92 Å². The Labute approximate surface area is 94.0 Å². The molecule has 88 valence electrons. The summed E-state index contributed by atoms with van der Waals surface area (Å²) in [5.74, 6) is 0.643. The molecule has 1 aliphatic heterocycles. The monoisotopic (exact) mass is 211 g/mol. The van der Waals surface area contributed by atoms with E-state index in [1.165, 1.54) is 19.3 Å². The minimum atomic E-state index is 0.228. The third-order valence-electron chi connectivity index (χ3n) is 3.88. The van der Waals surface area contributed by atoms with Gasteiger partial charge in [0, 0.05) is 18.0 Å². The number of nitrogens with zero attached hydrogens (tertiary/aromatic N) is 1. The number of carbonyl (C=O) groups is 1. The molecule has 1 aliphatic rings. The van der Waals surface area contributed by atoms with Crippen LogP contribution >= 0.6 is 0 Å². The number of Topliss-reactive ketones (excluding diaryl/α,β-unsaturated/α-hetero) is 1. The fourth-order valence-corrected chi connectivity index (χ4v) is 2.35. The molecule has 1 fully saturated rings. The zero-order chi connectivity index (χ0) is 11.4. The van der Waals surface area contributed by atoms with Crippen LogP contribution in [0.5, 0.6) is 0 Å². The molecule has 1 saturated heterocycles. The van der Waals surface area contributed by atoms with Crippen molar-refractivity contribution >= 4 is 5.78 Å². The highest BCUT2D eigenvalue weighted by Gasteiger charge is 2.27. The largest absolute Gasteiger partial charge is 0.298 e. The average Bonchev–Trinajstić information content (AvgIpc) is 2.22. The highest BCUT2D eigenvalue weighted by Crippen LogP contribution is 2.22. The Morgan fingerprint density at radius 3 is 2.33 bits per heavy atom. The fourth-order valence-electron chi connectivity index (χ4n) is 2.35. The Hall–Kier alpha value is -0.370. The molecular weight excluding hydrogens is 186 g/mol. The van der Waals surface area contributed by atoms with Crippen LogP contribution in [0, 0.1) is 5.92 Å². The zero-order valence-corrected chi connectivity index (χ0v) is 10.6. The molecule has 2 nitrogen and oxygen atoms in total. The van der Waals surface area contributed by atoms with Crippen LogP contribution in [-0.2, 0) is 4.79 Å². The van der Waals surface area contributed by atoms with Crippen molar-refractivity contribution in [2.24, 2.45) is 5.92 Å². The maximum absolute atomic E-state index is 11.9. The van der Waals surface area contributed by atoms with Crippen molar-refractivity contribution in [2.75, 3.05) is 6.54 Å². The number of hydrogen-bond donors (Lipinski definition) is 0. The van der Waals surface area contributed by atoms with Crippen LogP contribution in [0.3, 0.4) is 0 Å². The van der Waals surface area contributed by atoms with Gasteiger partial charge >= 0.3 is 0 Å². The van der Waals surface area contributed by atoms with Gasteiger partial charge in [0.15, 0.2) is 0 Å². The molecule has 3 atom stereocenters. The lowest BCUT2D eigenvalue weighted by molar-refractivity contribution is -0.125. The summed E-state index contributed by atoms with van der Waals surface area (Å²) in [5, 5.41) is 0. The lowest BCUT2D eigenvalue weighted by Gasteiger charge is -2.38. The van der Waals surface area contributed by atoms with Gasteiger partial charge < -0.3 is 0 Å². The fraction of sp³-hybridized carbons (Fsp3) is 0.923. The minimum Gasteiger partial charge on any atom is -0.298 e. The molecule has 3 unspecified atom stereocenters. The smallest absolute Gasteiger partial charge is 0.149 e.